The maximum Gasteiger partial charge on any atom is 0.119 e. The van der Waals surface area contributed by atoms with E-state index in [2.05, 4.69) is 159 Å². The van der Waals surface area contributed by atoms with Crippen molar-refractivity contribution in [3.63, 3.8) is 0 Å². The van der Waals surface area contributed by atoms with Crippen LogP contribution in [0.1, 0.15) is 100 Å². The van der Waals surface area contributed by atoms with Crippen LogP contribution in [0.4, 0.5) is 0 Å². The Morgan fingerprint density at radius 1 is 0.525 bits per heavy atom. The van der Waals surface area contributed by atoms with Crippen molar-refractivity contribution in [1.29, 1.82) is 0 Å². The van der Waals surface area contributed by atoms with Gasteiger partial charge >= 0.3 is 0 Å². The number of benzene rings is 2. The molecule has 0 atom stereocenters. The van der Waals surface area contributed by atoms with E-state index in [1.807, 2.05) is 0 Å². The molecule has 61 heavy (non-hydrogen) atoms. The fourth-order valence-corrected chi connectivity index (χ4v) is 8.16. The van der Waals surface area contributed by atoms with E-state index in [0.717, 1.165) is 122 Å². The fraction of sp³-hybridized carbons (Fsp3) is 0.396. The smallest absolute Gasteiger partial charge is 0.119 e. The third-order valence-corrected chi connectivity index (χ3v) is 11.8. The predicted molar refractivity (Wildman–Crippen MR) is 258 cm³/mol. The molecule has 3 aromatic heterocycles. The number of hydrogen-bond acceptors (Lipinski definition) is 5. The summed E-state index contributed by atoms with van der Waals surface area (Å²) in [5, 5.41) is 0. The van der Waals surface area contributed by atoms with Gasteiger partial charge in [-0.1, -0.05) is 89.0 Å². The Morgan fingerprint density at radius 2 is 0.984 bits per heavy atom. The second-order valence-corrected chi connectivity index (χ2v) is 17.7. The average Bonchev–Trinajstić information content (AvgIpc) is 4.10. The SMILES string of the molecule is CCCCCCCCCCCCOc1ccc(-c2c3nc(cc4ccc([nH]4)c(-c4ccc(OCCC[N+](C)(C)CCN(C)C)cc4)c4nc(cc5ccc2[nH]5)C=C4)C=C3)cc1. The van der Waals surface area contributed by atoms with Crippen molar-refractivity contribution in [2.24, 2.45) is 0 Å². The van der Waals surface area contributed by atoms with Crippen LogP contribution in [0.2, 0.25) is 0 Å². The lowest BCUT2D eigenvalue weighted by Crippen LogP contribution is -2.45. The van der Waals surface area contributed by atoms with Gasteiger partial charge in [0, 0.05) is 46.2 Å². The number of rotatable bonds is 22. The number of hydrogen-bond donors (Lipinski definition) is 2. The molecule has 0 radical (unpaired) electrons. The summed E-state index contributed by atoms with van der Waals surface area (Å²) >= 11 is 0. The number of aromatic amines is 2. The number of fused-ring (bicyclic) bond motifs is 8. The summed E-state index contributed by atoms with van der Waals surface area (Å²) in [6.07, 6.45) is 22.6. The van der Waals surface area contributed by atoms with E-state index >= 15 is 0 Å². The molecule has 2 aliphatic heterocycles. The largest absolute Gasteiger partial charge is 0.494 e. The number of aromatic nitrogens is 4. The van der Waals surface area contributed by atoms with Crippen molar-refractivity contribution in [3.8, 4) is 33.8 Å². The van der Waals surface area contributed by atoms with Crippen LogP contribution in [-0.2, 0) is 0 Å². The molecule has 0 unspecified atom stereocenters. The highest BCUT2D eigenvalue weighted by Gasteiger charge is 2.16. The van der Waals surface area contributed by atoms with E-state index in [1.54, 1.807) is 0 Å². The summed E-state index contributed by atoms with van der Waals surface area (Å²) in [7, 11) is 8.85. The number of nitrogens with zero attached hydrogens (tertiary/aromatic N) is 4. The number of quaternary nitrogens is 1. The first-order valence-corrected chi connectivity index (χ1v) is 22.8. The first-order chi connectivity index (χ1) is 29.7. The summed E-state index contributed by atoms with van der Waals surface area (Å²) in [5.41, 5.74) is 11.8. The minimum atomic E-state index is 0.691. The van der Waals surface area contributed by atoms with E-state index in [1.165, 1.54) is 57.8 Å². The molecule has 0 spiro atoms. The van der Waals surface area contributed by atoms with Gasteiger partial charge < -0.3 is 28.8 Å². The summed E-state index contributed by atoms with van der Waals surface area (Å²) in [5.74, 6) is 1.78. The molecule has 2 N–H and O–H groups in total. The monoisotopic (exact) mass is 820 g/mol. The maximum absolute atomic E-state index is 6.21. The van der Waals surface area contributed by atoms with E-state index in [-0.39, 0.29) is 0 Å². The van der Waals surface area contributed by atoms with Gasteiger partial charge in [0.1, 0.15) is 11.5 Å². The van der Waals surface area contributed by atoms with Crippen LogP contribution in [0.5, 0.6) is 11.5 Å². The van der Waals surface area contributed by atoms with Crippen LogP contribution >= 0.6 is 0 Å². The van der Waals surface area contributed by atoms with Crippen LogP contribution in [-0.4, -0.2) is 90.4 Å². The zero-order valence-corrected chi connectivity index (χ0v) is 37.3. The van der Waals surface area contributed by atoms with Gasteiger partial charge in [0.2, 0.25) is 0 Å². The number of unbranched alkanes of at least 4 members (excludes halogenated alkanes) is 9. The molecule has 2 aromatic carbocycles. The van der Waals surface area contributed by atoms with E-state index in [4.69, 9.17) is 19.4 Å². The summed E-state index contributed by atoms with van der Waals surface area (Å²) < 4.78 is 13.4. The highest BCUT2D eigenvalue weighted by atomic mass is 16.5. The Hall–Kier alpha value is -5.44. The Morgan fingerprint density at radius 3 is 1.46 bits per heavy atom. The molecule has 5 heterocycles. The van der Waals surface area contributed by atoms with Gasteiger partial charge in [-0.3, -0.25) is 0 Å². The second-order valence-electron chi connectivity index (χ2n) is 17.7. The van der Waals surface area contributed by atoms with Gasteiger partial charge in [-0.05, 0) is 117 Å². The molecule has 0 saturated carbocycles. The molecular weight excluding hydrogens is 753 g/mol. The zero-order chi connectivity index (χ0) is 42.4. The molecule has 0 fully saturated rings. The molecule has 0 amide bonds. The summed E-state index contributed by atoms with van der Waals surface area (Å²) in [4.78, 5) is 19.9. The molecule has 7 rings (SSSR count). The normalized spacial score (nSPS) is 12.4. The Labute approximate surface area is 364 Å². The van der Waals surface area contributed by atoms with Crippen molar-refractivity contribution >= 4 is 46.4 Å². The molecule has 0 aliphatic carbocycles. The quantitative estimate of drug-likeness (QED) is 0.0526. The van der Waals surface area contributed by atoms with Crippen molar-refractivity contribution in [2.75, 3.05) is 61.0 Å². The van der Waals surface area contributed by atoms with Gasteiger partial charge in [-0.15, -0.1) is 0 Å². The van der Waals surface area contributed by atoms with Gasteiger partial charge in [0.25, 0.3) is 0 Å². The maximum atomic E-state index is 6.21. The summed E-state index contributed by atoms with van der Waals surface area (Å²) in [6.45, 7) is 7.00. The molecule has 0 saturated heterocycles. The van der Waals surface area contributed by atoms with E-state index in [0.29, 0.717) is 6.61 Å². The van der Waals surface area contributed by atoms with E-state index in [9.17, 15) is 0 Å². The first-order valence-electron chi connectivity index (χ1n) is 22.8. The number of ether oxygens (including phenoxy) is 2. The highest BCUT2D eigenvalue weighted by molar-refractivity contribution is 5.93. The number of H-pyrrole nitrogens is 2. The molecule has 5 aromatic rings. The Balaban J connectivity index is 1.08. The molecule has 8 nitrogen and oxygen atoms in total. The molecule has 8 heteroatoms. The topological polar surface area (TPSA) is 79.1 Å². The van der Waals surface area contributed by atoms with Crippen molar-refractivity contribution in [3.05, 3.63) is 108 Å². The third kappa shape index (κ3) is 12.6. The molecule has 8 bridgehead atoms. The van der Waals surface area contributed by atoms with Crippen LogP contribution in [0, 0.1) is 0 Å². The van der Waals surface area contributed by atoms with Gasteiger partial charge in [0.15, 0.2) is 0 Å². The lowest BCUT2D eigenvalue weighted by molar-refractivity contribution is -0.890. The second kappa shape index (κ2) is 21.4. The van der Waals surface area contributed by atoms with Crippen LogP contribution in [0.15, 0.2) is 84.9 Å². The van der Waals surface area contributed by atoms with Gasteiger partial charge in [-0.2, -0.15) is 0 Å². The van der Waals surface area contributed by atoms with Crippen molar-refractivity contribution < 1.29 is 14.0 Å². The number of likely N-dealkylation sites (N-methyl/N-ethyl adjacent to an activating group) is 2. The minimum Gasteiger partial charge on any atom is -0.494 e. The van der Waals surface area contributed by atoms with Crippen molar-refractivity contribution in [1.82, 2.24) is 24.8 Å². The minimum absolute atomic E-state index is 0.691. The third-order valence-electron chi connectivity index (χ3n) is 11.8. The lowest BCUT2D eigenvalue weighted by atomic mass is 10.0. The van der Waals surface area contributed by atoms with Gasteiger partial charge in [-0.25, -0.2) is 9.97 Å². The fourth-order valence-electron chi connectivity index (χ4n) is 8.16. The zero-order valence-electron chi connectivity index (χ0n) is 37.3. The molecular formula is C53H67N6O2+. The van der Waals surface area contributed by atoms with Crippen LogP contribution < -0.4 is 9.47 Å². The Kier molecular flexibility index (Phi) is 15.3. The molecule has 2 aliphatic rings. The Bertz CT molecular complexity index is 2400. The standard InChI is InChI=1S/C53H67N6O2/c1-6-7-8-9-10-11-12-13-14-15-36-60-46-25-17-40(18-26-46)52-48-29-21-42(54-48)38-44-23-31-50(56-44)53(51-32-24-45(57-51)39-43-22-30-49(52)55-43)41-19-27-47(28-20-41)61-37-16-34-59(4,5)35-33-58(2)3/h17-32,38-39,54,57H,6-16,33-37H2,1-5H3/q+1. The summed E-state index contributed by atoms with van der Waals surface area (Å²) in [6, 6.07) is 29.6. The van der Waals surface area contributed by atoms with Gasteiger partial charge in [0.05, 0.1) is 63.2 Å². The highest BCUT2D eigenvalue weighted by Crippen LogP contribution is 2.34. The van der Waals surface area contributed by atoms with Crippen LogP contribution in [0.25, 0.3) is 68.6 Å². The van der Waals surface area contributed by atoms with E-state index < -0.39 is 0 Å². The van der Waals surface area contributed by atoms with Crippen molar-refractivity contribution in [2.45, 2.75) is 77.6 Å². The predicted octanol–water partition coefficient (Wildman–Crippen LogP) is 12.7. The first kappa shape index (κ1) is 43.6. The number of nitrogens with one attached hydrogen (secondary N) is 2. The average molecular weight is 820 g/mol. The lowest BCUT2D eigenvalue weighted by Gasteiger charge is -2.31. The molecule has 320 valence electrons. The van der Waals surface area contributed by atoms with Crippen LogP contribution in [0.3, 0.4) is 0 Å².